The molecule has 230 valence electrons. The van der Waals surface area contributed by atoms with Crippen LogP contribution in [0.4, 0.5) is 0 Å². The molecule has 0 bridgehead atoms. The lowest BCUT2D eigenvalue weighted by atomic mass is 9.60. The van der Waals surface area contributed by atoms with Crippen LogP contribution in [-0.4, -0.2) is 0 Å². The van der Waals surface area contributed by atoms with Gasteiger partial charge in [0, 0.05) is 11.3 Å². The molecule has 0 nitrogen and oxygen atoms in total. The molecule has 0 aliphatic heterocycles. The Morgan fingerprint density at radius 2 is 0.953 bits per heavy atom. The normalized spacial score (nSPS) is 25.8. The third-order valence-corrected chi connectivity index (χ3v) is 13.4. The monoisotopic (exact) mass is 574 g/mol. The summed E-state index contributed by atoms with van der Waals surface area (Å²) in [5.74, 6) is 0.455. The number of rotatable bonds is 2. The van der Waals surface area contributed by atoms with Crippen LogP contribution < -0.4 is 0 Å². The Bertz CT molecular complexity index is 1480. The maximum Gasteiger partial charge on any atom is 0.0196 e. The lowest BCUT2D eigenvalue weighted by Crippen LogP contribution is -2.35. The molecule has 0 amide bonds. The van der Waals surface area contributed by atoms with Gasteiger partial charge in [0.05, 0.1) is 0 Å². The lowest BCUT2D eigenvalue weighted by molar-refractivity contribution is 0.312. The molecule has 0 atom stereocenters. The van der Waals surface area contributed by atoms with Crippen molar-refractivity contribution in [2.45, 2.75) is 162 Å². The van der Waals surface area contributed by atoms with Crippen LogP contribution in [0.25, 0.3) is 11.1 Å². The average Bonchev–Trinajstić information content (AvgIpc) is 3.66. The zero-order valence-electron chi connectivity index (χ0n) is 29.4. The third-order valence-electron chi connectivity index (χ3n) is 13.4. The number of fused-ring (bicyclic) bond motifs is 5. The van der Waals surface area contributed by atoms with Gasteiger partial charge in [-0.15, -0.1) is 0 Å². The molecule has 0 spiro atoms. The van der Waals surface area contributed by atoms with Gasteiger partial charge in [0.1, 0.15) is 0 Å². The van der Waals surface area contributed by atoms with Gasteiger partial charge in [0.15, 0.2) is 0 Å². The summed E-state index contributed by atoms with van der Waals surface area (Å²) in [6.45, 7) is 27.2. The van der Waals surface area contributed by atoms with Crippen molar-refractivity contribution in [2.24, 2.45) is 10.8 Å². The van der Waals surface area contributed by atoms with Gasteiger partial charge in [-0.2, -0.15) is 0 Å². The van der Waals surface area contributed by atoms with E-state index in [1.165, 1.54) is 51.4 Å². The fourth-order valence-corrected chi connectivity index (χ4v) is 10.2. The van der Waals surface area contributed by atoms with Gasteiger partial charge in [0.2, 0.25) is 0 Å². The highest BCUT2D eigenvalue weighted by Crippen LogP contribution is 2.65. The topological polar surface area (TPSA) is 0 Å². The first-order valence-electron chi connectivity index (χ1n) is 17.7. The van der Waals surface area contributed by atoms with Crippen LogP contribution in [0.3, 0.4) is 0 Å². The van der Waals surface area contributed by atoms with Crippen molar-refractivity contribution >= 4 is 0 Å². The summed E-state index contributed by atoms with van der Waals surface area (Å²) in [5, 5.41) is 0. The van der Waals surface area contributed by atoms with Crippen molar-refractivity contribution in [2.75, 3.05) is 0 Å². The van der Waals surface area contributed by atoms with E-state index in [-0.39, 0.29) is 32.5 Å². The predicted molar refractivity (Wildman–Crippen MR) is 185 cm³/mol. The molecule has 0 aromatic heterocycles. The second-order valence-electron chi connectivity index (χ2n) is 19.1. The highest BCUT2D eigenvalue weighted by Gasteiger charge is 2.52. The molecule has 1 fully saturated rings. The minimum Gasteiger partial charge on any atom is -0.0767 e. The van der Waals surface area contributed by atoms with E-state index in [1.54, 1.807) is 55.7 Å². The second-order valence-corrected chi connectivity index (χ2v) is 19.1. The minimum absolute atomic E-state index is 0.205. The zero-order chi connectivity index (χ0) is 31.0. The molecule has 5 aliphatic carbocycles. The van der Waals surface area contributed by atoms with Crippen molar-refractivity contribution in [3.05, 3.63) is 80.9 Å². The number of hydrogen-bond donors (Lipinski definition) is 0. The maximum absolute atomic E-state index is 2.76. The molecule has 0 heteroatoms. The molecule has 2 aromatic carbocycles. The van der Waals surface area contributed by atoms with Gasteiger partial charge < -0.3 is 0 Å². The van der Waals surface area contributed by atoms with E-state index in [0.717, 1.165) is 6.42 Å². The second kappa shape index (κ2) is 9.01. The summed E-state index contributed by atoms with van der Waals surface area (Å²) in [5.41, 5.74) is 17.5. The Morgan fingerprint density at radius 1 is 0.558 bits per heavy atom. The van der Waals surface area contributed by atoms with Gasteiger partial charge in [-0.1, -0.05) is 131 Å². The first-order valence-corrected chi connectivity index (χ1v) is 17.7. The molecular formula is C43H58. The fraction of sp³-hybridized carbons (Fsp3) is 0.628. The summed E-state index contributed by atoms with van der Waals surface area (Å²) >= 11 is 0. The van der Waals surface area contributed by atoms with Crippen LogP contribution in [0.2, 0.25) is 0 Å². The first-order chi connectivity index (χ1) is 19.9. The van der Waals surface area contributed by atoms with Crippen molar-refractivity contribution in [1.29, 1.82) is 0 Å². The van der Waals surface area contributed by atoms with E-state index in [4.69, 9.17) is 0 Å². The summed E-state index contributed by atoms with van der Waals surface area (Å²) < 4.78 is 0. The molecule has 0 N–H and O–H groups in total. The van der Waals surface area contributed by atoms with Crippen molar-refractivity contribution in [1.82, 2.24) is 0 Å². The number of hydrogen-bond acceptors (Lipinski definition) is 0. The molecule has 0 saturated heterocycles. The van der Waals surface area contributed by atoms with E-state index in [1.807, 2.05) is 0 Å². The zero-order valence-corrected chi connectivity index (χ0v) is 29.4. The van der Waals surface area contributed by atoms with E-state index < -0.39 is 0 Å². The summed E-state index contributed by atoms with van der Waals surface area (Å²) in [6, 6.07) is 10.9. The average molecular weight is 575 g/mol. The van der Waals surface area contributed by atoms with Gasteiger partial charge in [-0.3, -0.25) is 0 Å². The lowest BCUT2D eigenvalue weighted by Gasteiger charge is -2.44. The van der Waals surface area contributed by atoms with Gasteiger partial charge in [-0.05, 0) is 122 Å². The van der Waals surface area contributed by atoms with Crippen LogP contribution in [0.1, 0.15) is 173 Å². The van der Waals surface area contributed by atoms with Gasteiger partial charge in [-0.25, -0.2) is 0 Å². The summed E-state index contributed by atoms with van der Waals surface area (Å²) in [4.78, 5) is 0. The quantitative estimate of drug-likeness (QED) is 0.335. The SMILES string of the molecule is CC(C)(C)C1=CCC(C2(C3c4cc5c(cc4-c4cc6c(cc43)C(C)(C)CCC6(C)C)C(C)(C)CCC5(C)C)CCCC2)=C1. The van der Waals surface area contributed by atoms with Crippen LogP contribution >= 0.6 is 0 Å². The van der Waals surface area contributed by atoms with Gasteiger partial charge in [0.25, 0.3) is 0 Å². The molecule has 2 aromatic rings. The highest BCUT2D eigenvalue weighted by molar-refractivity contribution is 5.83. The molecule has 43 heavy (non-hydrogen) atoms. The standard InChI is InChI=1S/C43H58/c1-38(2,3)27-14-15-28(22-27)43(16-12-13-17-43)37-31-25-35-33(39(4,5)18-20-41(35,8)9)23-29(31)30-24-34-36(26-32(30)37)42(10,11)21-19-40(34,6)7/h14,22-26,37H,12-13,15-21H2,1-11H3. The van der Waals surface area contributed by atoms with E-state index >= 15 is 0 Å². The molecular weight excluding hydrogens is 516 g/mol. The molecule has 5 aliphatic rings. The molecule has 7 rings (SSSR count). The predicted octanol–water partition coefficient (Wildman–Crippen LogP) is 12.4. The first kappa shape index (κ1) is 29.6. The molecule has 0 radical (unpaired) electrons. The van der Waals surface area contributed by atoms with Crippen LogP contribution in [-0.2, 0) is 21.7 Å². The van der Waals surface area contributed by atoms with E-state index in [0.29, 0.717) is 5.92 Å². The number of allylic oxidation sites excluding steroid dienone is 4. The summed E-state index contributed by atoms with van der Waals surface area (Å²) in [7, 11) is 0. The Kier molecular flexibility index (Phi) is 6.21. The van der Waals surface area contributed by atoms with E-state index in [2.05, 4.69) is 113 Å². The molecule has 1 saturated carbocycles. The minimum atomic E-state index is 0.205. The molecule has 0 unspecified atom stereocenters. The van der Waals surface area contributed by atoms with Crippen molar-refractivity contribution in [3.63, 3.8) is 0 Å². The van der Waals surface area contributed by atoms with Crippen LogP contribution in [0.15, 0.2) is 47.6 Å². The Morgan fingerprint density at radius 3 is 1.33 bits per heavy atom. The maximum atomic E-state index is 2.76. The third kappa shape index (κ3) is 4.27. The van der Waals surface area contributed by atoms with Crippen molar-refractivity contribution in [3.8, 4) is 11.1 Å². The summed E-state index contributed by atoms with van der Waals surface area (Å²) in [6.07, 6.45) is 16.8. The fourth-order valence-electron chi connectivity index (χ4n) is 10.2. The highest BCUT2D eigenvalue weighted by atomic mass is 14.6. The van der Waals surface area contributed by atoms with Crippen LogP contribution in [0, 0.1) is 10.8 Å². The van der Waals surface area contributed by atoms with Crippen LogP contribution in [0.5, 0.6) is 0 Å². The Hall–Kier alpha value is -2.08. The van der Waals surface area contributed by atoms with E-state index in [9.17, 15) is 0 Å². The Labute approximate surface area is 263 Å². The smallest absolute Gasteiger partial charge is 0.0196 e. The van der Waals surface area contributed by atoms with Gasteiger partial charge >= 0.3 is 0 Å². The van der Waals surface area contributed by atoms with Crippen molar-refractivity contribution < 1.29 is 0 Å². The number of benzene rings is 2. The Balaban J connectivity index is 1.53. The largest absolute Gasteiger partial charge is 0.0767 e. The molecule has 0 heterocycles.